The van der Waals surface area contributed by atoms with Crippen LogP contribution in [0.25, 0.3) is 0 Å². The van der Waals surface area contributed by atoms with Crippen LogP contribution in [0.2, 0.25) is 0 Å². The molecule has 1 aliphatic heterocycles. The summed E-state index contributed by atoms with van der Waals surface area (Å²) in [7, 11) is 0. The molecule has 66 valence electrons. The van der Waals surface area contributed by atoms with Gasteiger partial charge in [0.2, 0.25) is 0 Å². The molecule has 0 amide bonds. The molecule has 0 bridgehead atoms. The second-order valence-corrected chi connectivity index (χ2v) is 3.61. The van der Waals surface area contributed by atoms with Crippen LogP contribution in [0.4, 0.5) is 5.82 Å². The van der Waals surface area contributed by atoms with Crippen LogP contribution < -0.4 is 5.32 Å². The van der Waals surface area contributed by atoms with Gasteiger partial charge in [0, 0.05) is 19.2 Å². The summed E-state index contributed by atoms with van der Waals surface area (Å²) in [5, 5.41) is 7.84. The SMILES string of the molecule is CC(C)c1cc2n(n1)CCCN2. The highest BCUT2D eigenvalue weighted by Gasteiger charge is 2.12. The monoisotopic (exact) mass is 165 g/mol. The number of rotatable bonds is 1. The number of aromatic nitrogens is 2. The van der Waals surface area contributed by atoms with Gasteiger partial charge in [-0.05, 0) is 12.3 Å². The van der Waals surface area contributed by atoms with Gasteiger partial charge >= 0.3 is 0 Å². The molecule has 0 radical (unpaired) electrons. The van der Waals surface area contributed by atoms with Crippen LogP contribution >= 0.6 is 0 Å². The minimum atomic E-state index is 0.532. The molecule has 0 spiro atoms. The van der Waals surface area contributed by atoms with Gasteiger partial charge < -0.3 is 5.32 Å². The number of fused-ring (bicyclic) bond motifs is 1. The Labute approximate surface area is 72.8 Å². The lowest BCUT2D eigenvalue weighted by Gasteiger charge is -2.14. The van der Waals surface area contributed by atoms with Crippen molar-refractivity contribution in [3.8, 4) is 0 Å². The number of aryl methyl sites for hydroxylation is 1. The fourth-order valence-corrected chi connectivity index (χ4v) is 1.48. The lowest BCUT2D eigenvalue weighted by atomic mass is 10.1. The maximum absolute atomic E-state index is 4.50. The summed E-state index contributed by atoms with van der Waals surface area (Å²) in [6, 6.07) is 2.16. The predicted octanol–water partition coefficient (Wildman–Crippen LogP) is 1.82. The van der Waals surface area contributed by atoms with Crippen LogP contribution in [0.1, 0.15) is 31.9 Å². The molecule has 0 aromatic carbocycles. The molecule has 0 saturated carbocycles. The van der Waals surface area contributed by atoms with Gasteiger partial charge in [0.25, 0.3) is 0 Å². The molecule has 1 aliphatic rings. The Morgan fingerprint density at radius 2 is 2.42 bits per heavy atom. The third kappa shape index (κ3) is 1.19. The van der Waals surface area contributed by atoms with Crippen molar-refractivity contribution >= 4 is 5.82 Å². The largest absolute Gasteiger partial charge is 0.370 e. The Morgan fingerprint density at radius 1 is 1.58 bits per heavy atom. The number of hydrogen-bond acceptors (Lipinski definition) is 2. The summed E-state index contributed by atoms with van der Waals surface area (Å²) in [6.45, 7) is 6.50. The van der Waals surface area contributed by atoms with E-state index in [0.29, 0.717) is 5.92 Å². The fraction of sp³-hybridized carbons (Fsp3) is 0.667. The molecule has 0 fully saturated rings. The zero-order chi connectivity index (χ0) is 8.55. The molecule has 0 aliphatic carbocycles. The van der Waals surface area contributed by atoms with Crippen LogP contribution in [0.5, 0.6) is 0 Å². The highest BCUT2D eigenvalue weighted by atomic mass is 15.3. The molecule has 12 heavy (non-hydrogen) atoms. The Morgan fingerprint density at radius 3 is 3.08 bits per heavy atom. The maximum Gasteiger partial charge on any atom is 0.124 e. The first-order valence-electron chi connectivity index (χ1n) is 4.59. The summed E-state index contributed by atoms with van der Waals surface area (Å²) in [4.78, 5) is 0. The molecule has 2 heterocycles. The van der Waals surface area contributed by atoms with Crippen molar-refractivity contribution in [2.75, 3.05) is 11.9 Å². The average molecular weight is 165 g/mol. The quantitative estimate of drug-likeness (QED) is 0.688. The Balaban J connectivity index is 2.32. The number of anilines is 1. The Kier molecular flexibility index (Phi) is 1.79. The highest BCUT2D eigenvalue weighted by Crippen LogP contribution is 2.20. The summed E-state index contributed by atoms with van der Waals surface area (Å²) < 4.78 is 2.07. The fourth-order valence-electron chi connectivity index (χ4n) is 1.48. The van der Waals surface area contributed by atoms with E-state index in [1.54, 1.807) is 0 Å². The summed E-state index contributed by atoms with van der Waals surface area (Å²) >= 11 is 0. The van der Waals surface area contributed by atoms with Crippen molar-refractivity contribution in [2.45, 2.75) is 32.7 Å². The van der Waals surface area contributed by atoms with Crippen molar-refractivity contribution < 1.29 is 0 Å². The average Bonchev–Trinajstić information content (AvgIpc) is 2.46. The molecule has 2 rings (SSSR count). The van der Waals surface area contributed by atoms with Crippen LogP contribution in [0.3, 0.4) is 0 Å². The van der Waals surface area contributed by atoms with Crippen molar-refractivity contribution in [3.63, 3.8) is 0 Å². The van der Waals surface area contributed by atoms with Crippen LogP contribution in [-0.2, 0) is 6.54 Å². The van der Waals surface area contributed by atoms with E-state index in [9.17, 15) is 0 Å². The second kappa shape index (κ2) is 2.81. The molecule has 0 saturated heterocycles. The summed E-state index contributed by atoms with van der Waals surface area (Å²) in [5.74, 6) is 1.72. The van der Waals surface area contributed by atoms with Gasteiger partial charge in [-0.2, -0.15) is 5.10 Å². The Hall–Kier alpha value is -0.990. The summed E-state index contributed by atoms with van der Waals surface area (Å²) in [5.41, 5.74) is 1.19. The Bertz CT molecular complexity index is 252. The maximum atomic E-state index is 4.50. The number of nitrogens with one attached hydrogen (secondary N) is 1. The van der Waals surface area contributed by atoms with Gasteiger partial charge in [-0.3, -0.25) is 0 Å². The molecule has 1 aromatic heterocycles. The van der Waals surface area contributed by atoms with Gasteiger partial charge in [0.05, 0.1) is 5.69 Å². The molecule has 3 nitrogen and oxygen atoms in total. The number of hydrogen-bond donors (Lipinski definition) is 1. The molecule has 1 aromatic rings. The van der Waals surface area contributed by atoms with Crippen LogP contribution in [-0.4, -0.2) is 16.3 Å². The lowest BCUT2D eigenvalue weighted by Crippen LogP contribution is -2.17. The van der Waals surface area contributed by atoms with Crippen molar-refractivity contribution in [1.82, 2.24) is 9.78 Å². The van der Waals surface area contributed by atoms with Crippen molar-refractivity contribution in [2.24, 2.45) is 0 Å². The minimum absolute atomic E-state index is 0.532. The molecular weight excluding hydrogens is 150 g/mol. The molecule has 0 unspecified atom stereocenters. The highest BCUT2D eigenvalue weighted by molar-refractivity contribution is 5.39. The van der Waals surface area contributed by atoms with Gasteiger partial charge in [0.1, 0.15) is 5.82 Å². The second-order valence-electron chi connectivity index (χ2n) is 3.61. The van der Waals surface area contributed by atoms with Gasteiger partial charge in [-0.1, -0.05) is 13.8 Å². The molecule has 0 atom stereocenters. The van der Waals surface area contributed by atoms with E-state index in [2.05, 4.69) is 35.0 Å². The van der Waals surface area contributed by atoms with E-state index in [0.717, 1.165) is 13.1 Å². The third-order valence-electron chi connectivity index (χ3n) is 2.24. The smallest absolute Gasteiger partial charge is 0.124 e. The van der Waals surface area contributed by atoms with E-state index in [4.69, 9.17) is 0 Å². The van der Waals surface area contributed by atoms with E-state index in [-0.39, 0.29) is 0 Å². The van der Waals surface area contributed by atoms with E-state index in [1.807, 2.05) is 0 Å². The van der Waals surface area contributed by atoms with E-state index >= 15 is 0 Å². The first-order chi connectivity index (χ1) is 5.77. The predicted molar refractivity (Wildman–Crippen MR) is 49.4 cm³/mol. The molecule has 3 heteroatoms. The minimum Gasteiger partial charge on any atom is -0.370 e. The van der Waals surface area contributed by atoms with E-state index in [1.165, 1.54) is 17.9 Å². The van der Waals surface area contributed by atoms with Gasteiger partial charge in [-0.15, -0.1) is 0 Å². The summed E-state index contributed by atoms with van der Waals surface area (Å²) in [6.07, 6.45) is 1.19. The van der Waals surface area contributed by atoms with Crippen LogP contribution in [0, 0.1) is 0 Å². The normalized spacial score (nSPS) is 15.9. The van der Waals surface area contributed by atoms with Gasteiger partial charge in [0.15, 0.2) is 0 Å². The zero-order valence-corrected chi connectivity index (χ0v) is 7.67. The number of nitrogens with zero attached hydrogens (tertiary/aromatic N) is 2. The first-order valence-corrected chi connectivity index (χ1v) is 4.59. The third-order valence-corrected chi connectivity index (χ3v) is 2.24. The van der Waals surface area contributed by atoms with E-state index < -0.39 is 0 Å². The standard InChI is InChI=1S/C9H15N3/c1-7(2)8-6-9-10-4-3-5-12(9)11-8/h6-7,10H,3-5H2,1-2H3. The molecular formula is C9H15N3. The lowest BCUT2D eigenvalue weighted by molar-refractivity contribution is 0.557. The molecule has 1 N–H and O–H groups in total. The van der Waals surface area contributed by atoms with Crippen molar-refractivity contribution in [1.29, 1.82) is 0 Å². The van der Waals surface area contributed by atoms with Gasteiger partial charge in [-0.25, -0.2) is 4.68 Å². The van der Waals surface area contributed by atoms with Crippen molar-refractivity contribution in [3.05, 3.63) is 11.8 Å². The van der Waals surface area contributed by atoms with Crippen LogP contribution in [0.15, 0.2) is 6.07 Å². The zero-order valence-electron chi connectivity index (χ0n) is 7.67. The first kappa shape index (κ1) is 7.65. The topological polar surface area (TPSA) is 29.9 Å².